The average molecular weight is 277 g/mol. The van der Waals surface area contributed by atoms with E-state index in [1.807, 2.05) is 12.1 Å². The lowest BCUT2D eigenvalue weighted by molar-refractivity contribution is 0.0825. The molecular weight excluding hydrogens is 254 g/mol. The summed E-state index contributed by atoms with van der Waals surface area (Å²) in [5.74, 6) is 1.23. The van der Waals surface area contributed by atoms with E-state index in [0.717, 1.165) is 31.4 Å². The highest BCUT2D eigenvalue weighted by molar-refractivity contribution is 5.94. The molecule has 0 radical (unpaired) electrons. The van der Waals surface area contributed by atoms with Crippen LogP contribution in [0.25, 0.3) is 0 Å². The van der Waals surface area contributed by atoms with Crippen molar-refractivity contribution in [2.24, 2.45) is 5.92 Å². The Bertz CT molecular complexity index is 451. The van der Waals surface area contributed by atoms with Crippen LogP contribution in [0.3, 0.4) is 0 Å². The maximum Gasteiger partial charge on any atom is 0.253 e. The zero-order valence-electron chi connectivity index (χ0n) is 12.2. The Balaban J connectivity index is 1.90. The first kappa shape index (κ1) is 14.9. The highest BCUT2D eigenvalue weighted by Gasteiger charge is 2.20. The van der Waals surface area contributed by atoms with Gasteiger partial charge in [0.15, 0.2) is 0 Å². The lowest BCUT2D eigenvalue weighted by Crippen LogP contribution is -2.23. The van der Waals surface area contributed by atoms with Crippen molar-refractivity contribution in [1.82, 2.24) is 4.90 Å². The van der Waals surface area contributed by atoms with Crippen LogP contribution >= 0.6 is 0 Å². The van der Waals surface area contributed by atoms with E-state index in [1.165, 1.54) is 0 Å². The van der Waals surface area contributed by atoms with Crippen LogP contribution in [-0.2, 0) is 0 Å². The minimum absolute atomic E-state index is 0.0174. The largest absolute Gasteiger partial charge is 0.493 e. The summed E-state index contributed by atoms with van der Waals surface area (Å²) in [6.45, 7) is 0.659. The summed E-state index contributed by atoms with van der Waals surface area (Å²) < 4.78 is 5.80. The number of benzene rings is 1. The van der Waals surface area contributed by atoms with E-state index < -0.39 is 0 Å². The van der Waals surface area contributed by atoms with Gasteiger partial charge in [-0.3, -0.25) is 4.79 Å². The van der Waals surface area contributed by atoms with Crippen LogP contribution in [0.15, 0.2) is 24.3 Å². The van der Waals surface area contributed by atoms with Gasteiger partial charge in [0, 0.05) is 19.7 Å². The van der Waals surface area contributed by atoms with Gasteiger partial charge in [-0.1, -0.05) is 6.07 Å². The molecule has 20 heavy (non-hydrogen) atoms. The first-order chi connectivity index (χ1) is 9.56. The Morgan fingerprint density at radius 3 is 2.65 bits per heavy atom. The first-order valence-electron chi connectivity index (χ1n) is 7.19. The molecule has 0 aliphatic heterocycles. The quantitative estimate of drug-likeness (QED) is 0.919. The van der Waals surface area contributed by atoms with E-state index in [4.69, 9.17) is 4.74 Å². The fourth-order valence-electron chi connectivity index (χ4n) is 2.50. The first-order valence-corrected chi connectivity index (χ1v) is 7.19. The van der Waals surface area contributed by atoms with Crippen LogP contribution in [0.2, 0.25) is 0 Å². The van der Waals surface area contributed by atoms with Gasteiger partial charge < -0.3 is 14.7 Å². The van der Waals surface area contributed by atoms with Gasteiger partial charge in [-0.05, 0) is 49.8 Å². The molecule has 0 spiro atoms. The minimum Gasteiger partial charge on any atom is -0.493 e. The summed E-state index contributed by atoms with van der Waals surface area (Å²) in [5, 5.41) is 9.48. The number of ether oxygens (including phenoxy) is 1. The van der Waals surface area contributed by atoms with Crippen LogP contribution in [0.5, 0.6) is 5.75 Å². The summed E-state index contributed by atoms with van der Waals surface area (Å²) in [4.78, 5) is 13.4. The van der Waals surface area contributed by atoms with Crippen molar-refractivity contribution in [3.63, 3.8) is 0 Å². The molecule has 110 valence electrons. The predicted octanol–water partition coefficient (Wildman–Crippen LogP) is 2.32. The Morgan fingerprint density at radius 1 is 1.30 bits per heavy atom. The zero-order valence-corrected chi connectivity index (χ0v) is 12.2. The van der Waals surface area contributed by atoms with Crippen molar-refractivity contribution in [2.75, 3.05) is 20.7 Å². The molecule has 1 aliphatic carbocycles. The van der Waals surface area contributed by atoms with Crippen LogP contribution in [0.1, 0.15) is 36.0 Å². The second kappa shape index (κ2) is 6.75. The summed E-state index contributed by atoms with van der Waals surface area (Å²) in [6.07, 6.45) is 3.63. The van der Waals surface area contributed by atoms with Gasteiger partial charge in [-0.2, -0.15) is 0 Å². The third-order valence-electron chi connectivity index (χ3n) is 3.79. The maximum absolute atomic E-state index is 11.9. The Labute approximate surface area is 120 Å². The average Bonchev–Trinajstić information content (AvgIpc) is 2.46. The van der Waals surface area contributed by atoms with Crippen molar-refractivity contribution in [3.05, 3.63) is 29.8 Å². The van der Waals surface area contributed by atoms with Crippen molar-refractivity contribution in [2.45, 2.75) is 31.8 Å². The monoisotopic (exact) mass is 277 g/mol. The molecule has 0 unspecified atom stereocenters. The third kappa shape index (κ3) is 3.97. The van der Waals surface area contributed by atoms with Gasteiger partial charge >= 0.3 is 0 Å². The molecular formula is C16H23NO3. The second-order valence-electron chi connectivity index (χ2n) is 5.71. The molecule has 1 N–H and O–H groups in total. The maximum atomic E-state index is 11.9. The molecule has 0 atom stereocenters. The highest BCUT2D eigenvalue weighted by Crippen LogP contribution is 2.25. The number of aliphatic hydroxyl groups excluding tert-OH is 1. The molecule has 0 saturated heterocycles. The van der Waals surface area contributed by atoms with Gasteiger partial charge in [-0.25, -0.2) is 0 Å². The van der Waals surface area contributed by atoms with Crippen LogP contribution < -0.4 is 4.74 Å². The number of hydrogen-bond donors (Lipinski definition) is 1. The topological polar surface area (TPSA) is 49.8 Å². The van der Waals surface area contributed by atoms with Gasteiger partial charge in [0.1, 0.15) is 5.75 Å². The summed E-state index contributed by atoms with van der Waals surface area (Å²) in [5.41, 5.74) is 0.645. The van der Waals surface area contributed by atoms with Gasteiger partial charge in [0.05, 0.1) is 12.7 Å². The molecule has 1 aliphatic rings. The van der Waals surface area contributed by atoms with E-state index in [9.17, 15) is 9.90 Å². The van der Waals surface area contributed by atoms with Crippen molar-refractivity contribution in [1.29, 1.82) is 0 Å². The van der Waals surface area contributed by atoms with E-state index in [2.05, 4.69) is 0 Å². The van der Waals surface area contributed by atoms with E-state index in [1.54, 1.807) is 31.1 Å². The Kier molecular flexibility index (Phi) is 5.01. The van der Waals surface area contributed by atoms with Gasteiger partial charge in [0.25, 0.3) is 5.91 Å². The number of aliphatic hydroxyl groups is 1. The lowest BCUT2D eigenvalue weighted by Gasteiger charge is -2.25. The molecule has 1 aromatic carbocycles. The molecule has 1 saturated carbocycles. The number of nitrogens with zero attached hydrogens (tertiary/aromatic N) is 1. The molecule has 0 heterocycles. The molecule has 1 fully saturated rings. The summed E-state index contributed by atoms with van der Waals surface area (Å²) >= 11 is 0. The molecule has 1 aromatic rings. The van der Waals surface area contributed by atoms with E-state index >= 15 is 0 Å². The predicted molar refractivity (Wildman–Crippen MR) is 77.9 cm³/mol. The molecule has 4 nitrogen and oxygen atoms in total. The van der Waals surface area contributed by atoms with Gasteiger partial charge in [0.2, 0.25) is 0 Å². The Morgan fingerprint density at radius 2 is 2.00 bits per heavy atom. The molecule has 0 bridgehead atoms. The number of carbonyl (C=O) groups excluding carboxylic acids is 1. The van der Waals surface area contributed by atoms with E-state index in [-0.39, 0.29) is 12.0 Å². The molecule has 2 rings (SSSR count). The third-order valence-corrected chi connectivity index (χ3v) is 3.79. The minimum atomic E-state index is -0.132. The SMILES string of the molecule is CN(C)C(=O)c1cccc(OCC2CCC(O)CC2)c1. The number of carbonyl (C=O) groups is 1. The van der Waals surface area contributed by atoms with E-state index in [0.29, 0.717) is 18.1 Å². The molecule has 0 aromatic heterocycles. The van der Waals surface area contributed by atoms with Crippen LogP contribution in [0.4, 0.5) is 0 Å². The summed E-state index contributed by atoms with van der Waals surface area (Å²) in [7, 11) is 3.48. The normalized spacial score (nSPS) is 22.4. The second-order valence-corrected chi connectivity index (χ2v) is 5.71. The number of rotatable bonds is 4. The standard InChI is InChI=1S/C16H23NO3/c1-17(2)16(19)13-4-3-5-15(10-13)20-11-12-6-8-14(18)9-7-12/h3-5,10,12,14,18H,6-9,11H2,1-2H3. The lowest BCUT2D eigenvalue weighted by atomic mass is 9.88. The van der Waals surface area contributed by atoms with Crippen molar-refractivity contribution in [3.8, 4) is 5.75 Å². The smallest absolute Gasteiger partial charge is 0.253 e. The molecule has 4 heteroatoms. The molecule has 1 amide bonds. The zero-order chi connectivity index (χ0) is 14.5. The Hall–Kier alpha value is -1.55. The summed E-state index contributed by atoms with van der Waals surface area (Å²) in [6, 6.07) is 7.31. The van der Waals surface area contributed by atoms with Crippen LogP contribution in [-0.4, -0.2) is 42.7 Å². The van der Waals surface area contributed by atoms with Crippen LogP contribution in [0, 0.1) is 5.92 Å². The van der Waals surface area contributed by atoms with Gasteiger partial charge in [-0.15, -0.1) is 0 Å². The number of amides is 1. The number of hydrogen-bond acceptors (Lipinski definition) is 3. The fourth-order valence-corrected chi connectivity index (χ4v) is 2.50. The fraction of sp³-hybridized carbons (Fsp3) is 0.562. The highest BCUT2D eigenvalue weighted by atomic mass is 16.5. The van der Waals surface area contributed by atoms with Crippen molar-refractivity contribution >= 4 is 5.91 Å². The van der Waals surface area contributed by atoms with Crippen molar-refractivity contribution < 1.29 is 14.6 Å².